The normalized spacial score (nSPS) is 12.5. The first-order valence-corrected chi connectivity index (χ1v) is 6.21. The van der Waals surface area contributed by atoms with E-state index in [4.69, 9.17) is 26.8 Å². The van der Waals surface area contributed by atoms with Gasteiger partial charge in [-0.25, -0.2) is 0 Å². The molecule has 96 valence electrons. The van der Waals surface area contributed by atoms with Crippen LogP contribution in [0.15, 0.2) is 18.2 Å². The summed E-state index contributed by atoms with van der Waals surface area (Å²) in [7, 11) is 1.65. The molecule has 0 radical (unpaired) electrons. The lowest BCUT2D eigenvalue weighted by molar-refractivity contribution is 0.145. The van der Waals surface area contributed by atoms with Crippen LogP contribution >= 0.6 is 11.6 Å². The molecule has 1 aromatic carbocycles. The van der Waals surface area contributed by atoms with Crippen molar-refractivity contribution in [3.63, 3.8) is 0 Å². The maximum absolute atomic E-state index is 6.18. The van der Waals surface area contributed by atoms with Gasteiger partial charge in [0, 0.05) is 23.7 Å². The topological polar surface area (TPSA) is 44.5 Å². The lowest BCUT2D eigenvalue weighted by atomic mass is 10.0. The van der Waals surface area contributed by atoms with E-state index < -0.39 is 0 Å². The maximum Gasteiger partial charge on any atom is 0.124 e. The van der Waals surface area contributed by atoms with Crippen molar-refractivity contribution in [2.24, 2.45) is 5.73 Å². The summed E-state index contributed by atoms with van der Waals surface area (Å²) >= 11 is 6.18. The molecule has 1 atom stereocenters. The van der Waals surface area contributed by atoms with Crippen LogP contribution in [0.1, 0.15) is 18.9 Å². The third kappa shape index (κ3) is 4.54. The monoisotopic (exact) mass is 257 g/mol. The molecule has 0 fully saturated rings. The summed E-state index contributed by atoms with van der Waals surface area (Å²) in [5.41, 5.74) is 6.94. The van der Waals surface area contributed by atoms with Crippen molar-refractivity contribution in [1.82, 2.24) is 0 Å². The zero-order chi connectivity index (χ0) is 12.7. The largest absolute Gasteiger partial charge is 0.491 e. The fraction of sp³-hybridized carbons (Fsp3) is 0.538. The van der Waals surface area contributed by atoms with Crippen molar-refractivity contribution < 1.29 is 9.47 Å². The predicted molar refractivity (Wildman–Crippen MR) is 70.8 cm³/mol. The van der Waals surface area contributed by atoms with Crippen molar-refractivity contribution in [2.45, 2.75) is 25.8 Å². The van der Waals surface area contributed by atoms with E-state index in [0.29, 0.717) is 18.2 Å². The summed E-state index contributed by atoms with van der Waals surface area (Å²) in [5.74, 6) is 0.804. The molecule has 0 saturated carbocycles. The number of halogens is 1. The summed E-state index contributed by atoms with van der Waals surface area (Å²) in [6.07, 6.45) is 1.65. The van der Waals surface area contributed by atoms with E-state index in [0.717, 1.165) is 24.2 Å². The molecular formula is C13H20ClNO2. The van der Waals surface area contributed by atoms with E-state index in [1.165, 1.54) is 0 Å². The molecule has 0 spiro atoms. The highest BCUT2D eigenvalue weighted by Gasteiger charge is 2.11. The summed E-state index contributed by atoms with van der Waals surface area (Å²) in [5, 5.41) is 0.712. The number of rotatable bonds is 7. The molecule has 17 heavy (non-hydrogen) atoms. The second-order valence-corrected chi connectivity index (χ2v) is 4.34. The third-order valence-corrected chi connectivity index (χ3v) is 2.97. The second-order valence-electron chi connectivity index (χ2n) is 3.93. The maximum atomic E-state index is 6.18. The summed E-state index contributed by atoms with van der Waals surface area (Å²) in [4.78, 5) is 0. The van der Waals surface area contributed by atoms with Gasteiger partial charge in [0.05, 0.1) is 6.61 Å². The Morgan fingerprint density at radius 3 is 2.76 bits per heavy atom. The number of benzene rings is 1. The van der Waals surface area contributed by atoms with Crippen LogP contribution in [-0.4, -0.2) is 26.4 Å². The number of ether oxygens (including phenoxy) is 2. The minimum atomic E-state index is 0.111. The number of nitrogens with two attached hydrogens (primary N) is 1. The van der Waals surface area contributed by atoms with Crippen LogP contribution in [0.4, 0.5) is 0 Å². The Morgan fingerprint density at radius 2 is 2.12 bits per heavy atom. The molecule has 0 amide bonds. The summed E-state index contributed by atoms with van der Waals surface area (Å²) in [6.45, 7) is 3.14. The smallest absolute Gasteiger partial charge is 0.124 e. The Bertz CT molecular complexity index is 344. The number of methoxy groups -OCH3 is 1. The molecule has 0 saturated heterocycles. The zero-order valence-electron chi connectivity index (χ0n) is 10.4. The minimum absolute atomic E-state index is 0.111. The van der Waals surface area contributed by atoms with Crippen LogP contribution in [0.2, 0.25) is 5.02 Å². The molecule has 0 aromatic heterocycles. The van der Waals surface area contributed by atoms with Gasteiger partial charge in [0.2, 0.25) is 0 Å². The van der Waals surface area contributed by atoms with Gasteiger partial charge in [-0.2, -0.15) is 0 Å². The zero-order valence-corrected chi connectivity index (χ0v) is 11.2. The molecule has 1 unspecified atom stereocenters. The Balaban J connectivity index is 2.76. The van der Waals surface area contributed by atoms with Gasteiger partial charge < -0.3 is 15.2 Å². The van der Waals surface area contributed by atoms with E-state index in [1.807, 2.05) is 18.2 Å². The fourth-order valence-corrected chi connectivity index (χ4v) is 1.76. The predicted octanol–water partition coefficient (Wildman–Crippen LogP) is 2.65. The van der Waals surface area contributed by atoms with Crippen molar-refractivity contribution in [3.05, 3.63) is 28.8 Å². The second kappa shape index (κ2) is 7.54. The van der Waals surface area contributed by atoms with Gasteiger partial charge in [-0.15, -0.1) is 0 Å². The summed E-state index contributed by atoms with van der Waals surface area (Å²) in [6, 6.07) is 5.77. The van der Waals surface area contributed by atoms with Crippen LogP contribution in [0, 0.1) is 0 Å². The highest BCUT2D eigenvalue weighted by molar-refractivity contribution is 6.31. The molecule has 4 heteroatoms. The lowest BCUT2D eigenvalue weighted by Gasteiger charge is -2.15. The average molecular weight is 258 g/mol. The highest BCUT2D eigenvalue weighted by atomic mass is 35.5. The van der Waals surface area contributed by atoms with E-state index in [1.54, 1.807) is 7.11 Å². The molecule has 2 N–H and O–H groups in total. The number of hydrogen-bond donors (Lipinski definition) is 1. The minimum Gasteiger partial charge on any atom is -0.491 e. The first-order valence-electron chi connectivity index (χ1n) is 5.83. The van der Waals surface area contributed by atoms with Crippen LogP contribution in [0.25, 0.3) is 0 Å². The third-order valence-electron chi connectivity index (χ3n) is 2.61. The molecule has 0 aliphatic heterocycles. The quantitative estimate of drug-likeness (QED) is 0.764. The molecular weight excluding hydrogens is 238 g/mol. The first kappa shape index (κ1) is 14.3. The van der Waals surface area contributed by atoms with E-state index in [9.17, 15) is 0 Å². The molecule has 1 rings (SSSR count). The van der Waals surface area contributed by atoms with Crippen molar-refractivity contribution in [3.8, 4) is 5.75 Å². The van der Waals surface area contributed by atoms with Gasteiger partial charge in [0.25, 0.3) is 0 Å². The SMILES string of the molecule is CCC(N)Cc1c(Cl)cccc1OCCOC. The lowest BCUT2D eigenvalue weighted by Crippen LogP contribution is -2.22. The van der Waals surface area contributed by atoms with Gasteiger partial charge in [-0.05, 0) is 25.0 Å². The van der Waals surface area contributed by atoms with E-state index in [2.05, 4.69) is 6.92 Å². The van der Waals surface area contributed by atoms with Gasteiger partial charge in [0.15, 0.2) is 0 Å². The van der Waals surface area contributed by atoms with Crippen LogP contribution in [0.5, 0.6) is 5.75 Å². The molecule has 0 bridgehead atoms. The van der Waals surface area contributed by atoms with E-state index >= 15 is 0 Å². The molecule has 0 aliphatic rings. The Hall–Kier alpha value is -0.770. The van der Waals surface area contributed by atoms with Crippen LogP contribution in [0.3, 0.4) is 0 Å². The van der Waals surface area contributed by atoms with E-state index in [-0.39, 0.29) is 6.04 Å². The van der Waals surface area contributed by atoms with Crippen LogP contribution in [-0.2, 0) is 11.2 Å². The number of hydrogen-bond acceptors (Lipinski definition) is 3. The van der Waals surface area contributed by atoms with Crippen molar-refractivity contribution in [1.29, 1.82) is 0 Å². The van der Waals surface area contributed by atoms with Crippen LogP contribution < -0.4 is 10.5 Å². The Morgan fingerprint density at radius 1 is 1.35 bits per heavy atom. The van der Waals surface area contributed by atoms with Gasteiger partial charge in [-0.3, -0.25) is 0 Å². The molecule has 0 heterocycles. The fourth-order valence-electron chi connectivity index (χ4n) is 1.51. The molecule has 1 aromatic rings. The molecule has 3 nitrogen and oxygen atoms in total. The first-order chi connectivity index (χ1) is 8.19. The standard InChI is InChI=1S/C13H20ClNO2/c1-3-10(15)9-11-12(14)5-4-6-13(11)17-8-7-16-2/h4-6,10H,3,7-9,15H2,1-2H3. The molecule has 0 aliphatic carbocycles. The van der Waals surface area contributed by atoms with Crippen molar-refractivity contribution >= 4 is 11.6 Å². The average Bonchev–Trinajstić information content (AvgIpc) is 2.33. The van der Waals surface area contributed by atoms with Gasteiger partial charge in [-0.1, -0.05) is 24.6 Å². The highest BCUT2D eigenvalue weighted by Crippen LogP contribution is 2.27. The Labute approximate surface area is 108 Å². The van der Waals surface area contributed by atoms with Gasteiger partial charge in [0.1, 0.15) is 12.4 Å². The Kier molecular flexibility index (Phi) is 6.34. The van der Waals surface area contributed by atoms with Gasteiger partial charge >= 0.3 is 0 Å². The van der Waals surface area contributed by atoms with Crippen molar-refractivity contribution in [2.75, 3.05) is 20.3 Å². The summed E-state index contributed by atoms with van der Waals surface area (Å²) < 4.78 is 10.6.